The number of hydrogen-bond donors (Lipinski definition) is 1. The minimum atomic E-state index is 0.136. The van der Waals surface area contributed by atoms with Gasteiger partial charge in [-0.1, -0.05) is 41.9 Å². The van der Waals surface area contributed by atoms with Gasteiger partial charge in [0.1, 0.15) is 0 Å². The van der Waals surface area contributed by atoms with Gasteiger partial charge >= 0.3 is 0 Å². The molecular formula is C16H14N2OS. The first kappa shape index (κ1) is 11.7. The van der Waals surface area contributed by atoms with E-state index >= 15 is 0 Å². The number of nitrogens with one attached hydrogen (secondary N) is 1. The highest BCUT2D eigenvalue weighted by Crippen LogP contribution is 2.29. The van der Waals surface area contributed by atoms with Gasteiger partial charge in [-0.15, -0.1) is 0 Å². The molecule has 20 heavy (non-hydrogen) atoms. The summed E-state index contributed by atoms with van der Waals surface area (Å²) >= 11 is 1.57. The topological polar surface area (TPSA) is 34.0 Å². The number of aromatic nitrogens is 1. The normalized spacial score (nSPS) is 17.7. The molecule has 0 saturated heterocycles. The Labute approximate surface area is 120 Å². The largest absolute Gasteiger partial charge is 0.383 e. The Hall–Kier alpha value is -2.07. The molecule has 1 N–H and O–H groups in total. The van der Waals surface area contributed by atoms with Crippen LogP contribution in [0.1, 0.15) is 11.6 Å². The first-order chi connectivity index (χ1) is 9.83. The zero-order valence-electron chi connectivity index (χ0n) is 10.9. The summed E-state index contributed by atoms with van der Waals surface area (Å²) in [6.07, 6.45) is 0.913. The Morgan fingerprint density at radius 3 is 2.80 bits per heavy atom. The third-order valence-corrected chi connectivity index (χ3v) is 5.06. The summed E-state index contributed by atoms with van der Waals surface area (Å²) in [5, 5.41) is 4.26. The fraction of sp³-hybridized carbons (Fsp3) is 0.188. The Bertz CT molecular complexity index is 834. The molecule has 1 aliphatic heterocycles. The van der Waals surface area contributed by atoms with Crippen molar-refractivity contribution < 1.29 is 0 Å². The van der Waals surface area contributed by atoms with E-state index in [0.717, 1.165) is 23.1 Å². The maximum absolute atomic E-state index is 12.5. The molecule has 3 aromatic rings. The molecule has 0 aliphatic carbocycles. The molecule has 1 aromatic heterocycles. The van der Waals surface area contributed by atoms with Crippen molar-refractivity contribution in [2.75, 3.05) is 11.9 Å². The highest BCUT2D eigenvalue weighted by atomic mass is 32.1. The third-order valence-electron chi connectivity index (χ3n) is 3.85. The van der Waals surface area contributed by atoms with Gasteiger partial charge < -0.3 is 5.32 Å². The van der Waals surface area contributed by atoms with Gasteiger partial charge in [0.05, 0.1) is 16.1 Å². The highest BCUT2D eigenvalue weighted by molar-refractivity contribution is 7.13. The molecule has 4 heteroatoms. The number of benzene rings is 2. The average molecular weight is 282 g/mol. The molecule has 4 rings (SSSR count). The van der Waals surface area contributed by atoms with Crippen LogP contribution in [-0.4, -0.2) is 10.5 Å². The second kappa shape index (κ2) is 4.49. The first-order valence-electron chi connectivity index (χ1n) is 6.75. The Morgan fingerprint density at radius 1 is 1.10 bits per heavy atom. The number of anilines is 1. The van der Waals surface area contributed by atoms with Gasteiger partial charge in [-0.25, -0.2) is 0 Å². The van der Waals surface area contributed by atoms with E-state index in [4.69, 9.17) is 0 Å². The molecular weight excluding hydrogens is 268 g/mol. The third kappa shape index (κ3) is 1.76. The molecule has 1 aliphatic rings. The van der Waals surface area contributed by atoms with Crippen molar-refractivity contribution in [3.05, 3.63) is 64.4 Å². The van der Waals surface area contributed by atoms with Gasteiger partial charge in [0, 0.05) is 12.2 Å². The summed E-state index contributed by atoms with van der Waals surface area (Å²) < 4.78 is 2.99. The van der Waals surface area contributed by atoms with Gasteiger partial charge in [-0.05, 0) is 30.2 Å². The van der Waals surface area contributed by atoms with E-state index < -0.39 is 0 Å². The van der Waals surface area contributed by atoms with Crippen molar-refractivity contribution in [3.63, 3.8) is 0 Å². The summed E-state index contributed by atoms with van der Waals surface area (Å²) in [7, 11) is 0. The van der Waals surface area contributed by atoms with Crippen LogP contribution < -0.4 is 10.9 Å². The SMILES string of the molecule is O=c1c2ccccc2sn1C1CNc2ccccc2C1. The van der Waals surface area contributed by atoms with Gasteiger partial charge in [-0.3, -0.25) is 8.75 Å². The molecule has 2 heterocycles. The second-order valence-corrected chi connectivity index (χ2v) is 6.13. The smallest absolute Gasteiger partial charge is 0.268 e. The predicted octanol–water partition coefficient (Wildman–Crippen LogP) is 3.27. The number of hydrogen-bond acceptors (Lipinski definition) is 3. The molecule has 0 spiro atoms. The zero-order chi connectivity index (χ0) is 13.5. The molecule has 0 amide bonds. The van der Waals surface area contributed by atoms with Gasteiger partial charge in [0.25, 0.3) is 5.56 Å². The lowest BCUT2D eigenvalue weighted by Gasteiger charge is -2.26. The van der Waals surface area contributed by atoms with Crippen LogP contribution in [-0.2, 0) is 6.42 Å². The zero-order valence-corrected chi connectivity index (χ0v) is 11.7. The van der Waals surface area contributed by atoms with Crippen LogP contribution in [0.5, 0.6) is 0 Å². The van der Waals surface area contributed by atoms with Crippen LogP contribution in [0, 0.1) is 0 Å². The quantitative estimate of drug-likeness (QED) is 0.743. The van der Waals surface area contributed by atoms with Crippen molar-refractivity contribution >= 4 is 27.3 Å². The first-order valence-corrected chi connectivity index (χ1v) is 7.52. The Balaban J connectivity index is 1.78. The highest BCUT2D eigenvalue weighted by Gasteiger charge is 2.22. The van der Waals surface area contributed by atoms with E-state index in [1.165, 1.54) is 11.3 Å². The van der Waals surface area contributed by atoms with Crippen molar-refractivity contribution in [3.8, 4) is 0 Å². The van der Waals surface area contributed by atoms with Crippen molar-refractivity contribution in [1.82, 2.24) is 3.96 Å². The standard InChI is InChI=1S/C16H14N2OS/c19-16-13-6-2-4-8-15(13)20-18(16)12-9-11-5-1-3-7-14(11)17-10-12/h1-8,12,17H,9-10H2. The molecule has 0 radical (unpaired) electrons. The van der Waals surface area contributed by atoms with Gasteiger partial charge in [0.15, 0.2) is 0 Å². The van der Waals surface area contributed by atoms with Crippen LogP contribution >= 0.6 is 11.5 Å². The maximum Gasteiger partial charge on any atom is 0.268 e. The second-order valence-electron chi connectivity index (χ2n) is 5.11. The van der Waals surface area contributed by atoms with Crippen LogP contribution in [0.2, 0.25) is 0 Å². The molecule has 0 bridgehead atoms. The van der Waals surface area contributed by atoms with Crippen molar-refractivity contribution in [2.24, 2.45) is 0 Å². The van der Waals surface area contributed by atoms with Gasteiger partial charge in [0.2, 0.25) is 0 Å². The summed E-state index contributed by atoms with van der Waals surface area (Å²) in [5.74, 6) is 0. The summed E-state index contributed by atoms with van der Waals surface area (Å²) in [6.45, 7) is 0.809. The van der Waals surface area contributed by atoms with E-state index in [9.17, 15) is 4.79 Å². The summed E-state index contributed by atoms with van der Waals surface area (Å²) in [5.41, 5.74) is 2.61. The Morgan fingerprint density at radius 2 is 1.90 bits per heavy atom. The fourth-order valence-electron chi connectivity index (χ4n) is 2.82. The molecule has 100 valence electrons. The van der Waals surface area contributed by atoms with E-state index in [2.05, 4.69) is 23.5 Å². The molecule has 1 atom stereocenters. The lowest BCUT2D eigenvalue weighted by molar-refractivity contribution is 0.536. The number of rotatable bonds is 1. The number of nitrogens with zero attached hydrogens (tertiary/aromatic N) is 1. The summed E-state index contributed by atoms with van der Waals surface area (Å²) in [4.78, 5) is 12.5. The molecule has 1 unspecified atom stereocenters. The minimum absolute atomic E-state index is 0.136. The van der Waals surface area contributed by atoms with Gasteiger partial charge in [-0.2, -0.15) is 0 Å². The monoisotopic (exact) mass is 282 g/mol. The Kier molecular flexibility index (Phi) is 2.63. The molecule has 3 nitrogen and oxygen atoms in total. The lowest BCUT2D eigenvalue weighted by Crippen LogP contribution is -2.30. The lowest BCUT2D eigenvalue weighted by atomic mass is 10.00. The molecule has 0 fully saturated rings. The maximum atomic E-state index is 12.5. The van der Waals surface area contributed by atoms with Crippen LogP contribution in [0.3, 0.4) is 0 Å². The molecule has 2 aromatic carbocycles. The number of fused-ring (bicyclic) bond motifs is 2. The fourth-order valence-corrected chi connectivity index (χ4v) is 3.90. The van der Waals surface area contributed by atoms with Crippen LogP contribution in [0.4, 0.5) is 5.69 Å². The van der Waals surface area contributed by atoms with E-state index in [1.54, 1.807) is 11.5 Å². The minimum Gasteiger partial charge on any atom is -0.383 e. The van der Waals surface area contributed by atoms with Crippen molar-refractivity contribution in [2.45, 2.75) is 12.5 Å². The van der Waals surface area contributed by atoms with Crippen LogP contribution in [0.15, 0.2) is 53.3 Å². The van der Waals surface area contributed by atoms with Crippen molar-refractivity contribution in [1.29, 1.82) is 0 Å². The summed E-state index contributed by atoms with van der Waals surface area (Å²) in [6, 6.07) is 16.4. The van der Waals surface area contributed by atoms with E-state index in [-0.39, 0.29) is 11.6 Å². The average Bonchev–Trinajstić information content (AvgIpc) is 2.84. The molecule has 0 saturated carbocycles. The van der Waals surface area contributed by atoms with E-state index in [1.807, 2.05) is 34.3 Å². The van der Waals surface area contributed by atoms with E-state index in [0.29, 0.717) is 0 Å². The van der Waals surface area contributed by atoms with Crippen LogP contribution in [0.25, 0.3) is 10.1 Å². The predicted molar refractivity (Wildman–Crippen MR) is 83.8 cm³/mol. The number of para-hydroxylation sites is 1.